The number of fused-ring (bicyclic) bond motifs is 1. The molecule has 7 heteroatoms. The van der Waals surface area contributed by atoms with Gasteiger partial charge >= 0.3 is 0 Å². The fourth-order valence-electron chi connectivity index (χ4n) is 4.04. The molecule has 174 valence electrons. The van der Waals surface area contributed by atoms with Crippen molar-refractivity contribution in [2.75, 3.05) is 26.6 Å². The predicted octanol–water partition coefficient (Wildman–Crippen LogP) is 4.83. The van der Waals surface area contributed by atoms with Crippen LogP contribution < -0.4 is 24.3 Å². The lowest BCUT2D eigenvalue weighted by atomic mass is 9.83. The van der Waals surface area contributed by atoms with Gasteiger partial charge in [-0.25, -0.2) is 0 Å². The Morgan fingerprint density at radius 2 is 1.72 bits per heavy atom. The Labute approximate surface area is 189 Å². The number of carbonyl (C=O) groups is 1. The maximum atomic E-state index is 12.9. The van der Waals surface area contributed by atoms with Crippen LogP contribution in [-0.2, 0) is 16.6 Å². The van der Waals surface area contributed by atoms with E-state index in [0.717, 1.165) is 23.3 Å². The van der Waals surface area contributed by atoms with E-state index < -0.39 is 5.60 Å². The number of aryl methyl sites for hydroxylation is 1. The Morgan fingerprint density at radius 3 is 2.25 bits per heavy atom. The molecule has 1 unspecified atom stereocenters. The van der Waals surface area contributed by atoms with Gasteiger partial charge < -0.3 is 29.4 Å². The zero-order valence-electron chi connectivity index (χ0n) is 19.9. The molecule has 32 heavy (non-hydrogen) atoms. The van der Waals surface area contributed by atoms with E-state index in [1.807, 2.05) is 33.8 Å². The highest BCUT2D eigenvalue weighted by Gasteiger charge is 2.35. The molecule has 0 bridgehead atoms. The number of phenols is 1. The molecule has 1 atom stereocenters. The molecule has 1 heterocycles. The van der Waals surface area contributed by atoms with Crippen LogP contribution >= 0.6 is 0 Å². The lowest BCUT2D eigenvalue weighted by molar-refractivity contribution is -0.120. The minimum absolute atomic E-state index is 0.175. The van der Waals surface area contributed by atoms with E-state index in [9.17, 15) is 9.90 Å². The lowest BCUT2D eigenvalue weighted by Gasteiger charge is -2.36. The molecule has 0 aliphatic carbocycles. The summed E-state index contributed by atoms with van der Waals surface area (Å²) in [7, 11) is 4.59. The summed E-state index contributed by atoms with van der Waals surface area (Å²) in [6, 6.07) is 7.07. The minimum atomic E-state index is -0.663. The lowest BCUT2D eigenvalue weighted by Crippen LogP contribution is -2.40. The Morgan fingerprint density at radius 1 is 1.09 bits per heavy atom. The number of hydrogen-bond donors (Lipinski definition) is 2. The third-order valence-electron chi connectivity index (χ3n) is 5.75. The van der Waals surface area contributed by atoms with Crippen LogP contribution in [0.15, 0.2) is 24.3 Å². The zero-order chi connectivity index (χ0) is 23.7. The second-order valence-electron chi connectivity index (χ2n) is 9.42. The largest absolute Gasteiger partial charge is 0.508 e. The molecular weight excluding hydrogens is 410 g/mol. The van der Waals surface area contributed by atoms with Gasteiger partial charge in [-0.05, 0) is 42.9 Å². The summed E-state index contributed by atoms with van der Waals surface area (Å²) in [6.07, 6.45) is 1.56. The van der Waals surface area contributed by atoms with E-state index >= 15 is 0 Å². The van der Waals surface area contributed by atoms with Crippen molar-refractivity contribution in [3.05, 3.63) is 35.4 Å². The van der Waals surface area contributed by atoms with Crippen molar-refractivity contribution >= 4 is 11.6 Å². The maximum Gasteiger partial charge on any atom is 0.228 e. The normalized spacial score (nSPS) is 17.7. The minimum Gasteiger partial charge on any atom is -0.508 e. The van der Waals surface area contributed by atoms with Gasteiger partial charge in [0, 0.05) is 23.4 Å². The number of rotatable bonds is 6. The molecule has 0 radical (unpaired) electrons. The summed E-state index contributed by atoms with van der Waals surface area (Å²) < 4.78 is 22.3. The average Bonchev–Trinajstić information content (AvgIpc) is 2.71. The summed E-state index contributed by atoms with van der Waals surface area (Å²) in [5.41, 5.74) is 1.44. The van der Waals surface area contributed by atoms with Gasteiger partial charge in [0.25, 0.3) is 0 Å². The summed E-state index contributed by atoms with van der Waals surface area (Å²) in [5.74, 6) is 2.22. The van der Waals surface area contributed by atoms with Gasteiger partial charge in [0.1, 0.15) is 17.1 Å². The van der Waals surface area contributed by atoms with Crippen LogP contribution in [0.1, 0.15) is 51.7 Å². The number of anilines is 1. The van der Waals surface area contributed by atoms with Crippen molar-refractivity contribution in [2.45, 2.75) is 58.0 Å². The standard InChI is InChI=1S/C25H33NO6/c1-24(2,3)17-13-19-15(10-18(17)27)8-9-25(4,32-19)14-22(28)26-16-11-20(29-5)23(31-7)21(12-16)30-6/h10-13,27H,8-9,14H2,1-7H3,(H,26,28). The second kappa shape index (κ2) is 8.81. The van der Waals surface area contributed by atoms with Gasteiger partial charge in [0.05, 0.1) is 27.8 Å². The monoisotopic (exact) mass is 443 g/mol. The Hall–Kier alpha value is -3.09. The molecule has 0 saturated heterocycles. The van der Waals surface area contributed by atoms with E-state index in [2.05, 4.69) is 5.32 Å². The molecule has 0 aromatic heterocycles. The highest BCUT2D eigenvalue weighted by Crippen LogP contribution is 2.43. The molecule has 0 fully saturated rings. The first-order valence-electron chi connectivity index (χ1n) is 10.6. The number of ether oxygens (including phenoxy) is 4. The second-order valence-corrected chi connectivity index (χ2v) is 9.42. The van der Waals surface area contributed by atoms with E-state index in [1.54, 1.807) is 18.2 Å². The van der Waals surface area contributed by atoms with Gasteiger partial charge in [0.15, 0.2) is 11.5 Å². The summed E-state index contributed by atoms with van der Waals surface area (Å²) >= 11 is 0. The molecular formula is C25H33NO6. The Balaban J connectivity index is 1.78. The van der Waals surface area contributed by atoms with Crippen molar-refractivity contribution in [1.82, 2.24) is 0 Å². The number of aromatic hydroxyl groups is 1. The highest BCUT2D eigenvalue weighted by atomic mass is 16.5. The first-order valence-corrected chi connectivity index (χ1v) is 10.6. The average molecular weight is 444 g/mol. The van der Waals surface area contributed by atoms with E-state index in [-0.39, 0.29) is 23.5 Å². The van der Waals surface area contributed by atoms with Crippen LogP contribution in [0.5, 0.6) is 28.7 Å². The predicted molar refractivity (Wildman–Crippen MR) is 124 cm³/mol. The van der Waals surface area contributed by atoms with Crippen LogP contribution in [0.4, 0.5) is 5.69 Å². The number of methoxy groups -OCH3 is 3. The molecule has 3 rings (SSSR count). The van der Waals surface area contributed by atoms with Gasteiger partial charge in [0.2, 0.25) is 11.7 Å². The summed E-state index contributed by atoms with van der Waals surface area (Å²) in [5, 5.41) is 13.3. The quantitative estimate of drug-likeness (QED) is 0.665. The number of amides is 1. The van der Waals surface area contributed by atoms with Crippen LogP contribution in [0, 0.1) is 0 Å². The first-order chi connectivity index (χ1) is 15.0. The van der Waals surface area contributed by atoms with Crippen molar-refractivity contribution < 1.29 is 28.8 Å². The number of benzene rings is 2. The molecule has 1 aliphatic heterocycles. The van der Waals surface area contributed by atoms with Gasteiger partial charge in [-0.1, -0.05) is 20.8 Å². The van der Waals surface area contributed by atoms with Gasteiger partial charge in [-0.2, -0.15) is 0 Å². The van der Waals surface area contributed by atoms with Crippen LogP contribution in [0.25, 0.3) is 0 Å². The SMILES string of the molecule is COc1cc(NC(=O)CC2(C)CCc3cc(O)c(C(C)(C)C)cc3O2)cc(OC)c1OC. The third-order valence-corrected chi connectivity index (χ3v) is 5.75. The fraction of sp³-hybridized carbons (Fsp3) is 0.480. The Bertz CT molecular complexity index is 985. The van der Waals surface area contributed by atoms with Crippen LogP contribution in [0.2, 0.25) is 0 Å². The molecule has 1 amide bonds. The molecule has 0 saturated carbocycles. The smallest absolute Gasteiger partial charge is 0.228 e. The van der Waals surface area contributed by atoms with Gasteiger partial charge in [-0.15, -0.1) is 0 Å². The van der Waals surface area contributed by atoms with E-state index in [0.29, 0.717) is 29.4 Å². The molecule has 7 nitrogen and oxygen atoms in total. The number of carbonyl (C=O) groups excluding carboxylic acids is 1. The van der Waals surface area contributed by atoms with Crippen LogP contribution in [-0.4, -0.2) is 37.9 Å². The zero-order valence-corrected chi connectivity index (χ0v) is 19.9. The van der Waals surface area contributed by atoms with E-state index in [4.69, 9.17) is 18.9 Å². The molecule has 0 spiro atoms. The van der Waals surface area contributed by atoms with Crippen molar-refractivity contribution in [3.63, 3.8) is 0 Å². The molecule has 2 aromatic carbocycles. The van der Waals surface area contributed by atoms with Crippen molar-refractivity contribution in [2.24, 2.45) is 0 Å². The number of hydrogen-bond acceptors (Lipinski definition) is 6. The highest BCUT2D eigenvalue weighted by molar-refractivity contribution is 5.92. The molecule has 2 aromatic rings. The van der Waals surface area contributed by atoms with Gasteiger partial charge in [-0.3, -0.25) is 4.79 Å². The first kappa shape index (κ1) is 23.6. The number of nitrogens with one attached hydrogen (secondary N) is 1. The summed E-state index contributed by atoms with van der Waals surface area (Å²) in [6.45, 7) is 8.07. The Kier molecular flexibility index (Phi) is 6.49. The van der Waals surface area contributed by atoms with Crippen molar-refractivity contribution in [1.29, 1.82) is 0 Å². The van der Waals surface area contributed by atoms with Crippen molar-refractivity contribution in [3.8, 4) is 28.7 Å². The summed E-state index contributed by atoms with van der Waals surface area (Å²) in [4.78, 5) is 12.9. The maximum absolute atomic E-state index is 12.9. The number of phenolic OH excluding ortho intramolecular Hbond substituents is 1. The fourth-order valence-corrected chi connectivity index (χ4v) is 4.04. The molecule has 2 N–H and O–H groups in total. The third kappa shape index (κ3) is 4.87. The van der Waals surface area contributed by atoms with E-state index in [1.165, 1.54) is 21.3 Å². The topological polar surface area (TPSA) is 86.3 Å². The molecule has 1 aliphatic rings. The van der Waals surface area contributed by atoms with Crippen LogP contribution in [0.3, 0.4) is 0 Å².